The van der Waals surface area contributed by atoms with Crippen LogP contribution in [0, 0.1) is 0 Å². The topological polar surface area (TPSA) is 96.0 Å². The van der Waals surface area contributed by atoms with Crippen LogP contribution in [0.25, 0.3) is 0 Å². The molecule has 2 heterocycles. The molecule has 0 bridgehead atoms. The summed E-state index contributed by atoms with van der Waals surface area (Å²) in [6.45, 7) is 3.32. The predicted molar refractivity (Wildman–Crippen MR) is 101 cm³/mol. The number of amides is 4. The first kappa shape index (κ1) is 20.0. The lowest BCUT2D eigenvalue weighted by molar-refractivity contribution is -0.119. The molecule has 2 aliphatic heterocycles. The number of carbonyl (C=O) groups excluding carboxylic acids is 4. The number of hydrogen-bond acceptors (Lipinski definition) is 5. The van der Waals surface area contributed by atoms with Gasteiger partial charge >= 0.3 is 0 Å². The van der Waals surface area contributed by atoms with E-state index in [2.05, 4.69) is 5.32 Å². The van der Waals surface area contributed by atoms with Gasteiger partial charge < -0.3 is 15.0 Å². The Morgan fingerprint density at radius 1 is 1.14 bits per heavy atom. The molecule has 1 fully saturated rings. The van der Waals surface area contributed by atoms with Crippen LogP contribution < -0.4 is 5.32 Å². The van der Waals surface area contributed by atoms with Crippen molar-refractivity contribution in [1.82, 2.24) is 15.1 Å². The fourth-order valence-electron chi connectivity index (χ4n) is 3.69. The van der Waals surface area contributed by atoms with Gasteiger partial charge in [0.2, 0.25) is 5.91 Å². The van der Waals surface area contributed by atoms with Crippen molar-refractivity contribution < 1.29 is 23.9 Å². The highest BCUT2D eigenvalue weighted by molar-refractivity contribution is 6.22. The van der Waals surface area contributed by atoms with Gasteiger partial charge in [-0.3, -0.25) is 24.1 Å². The second-order valence-electron chi connectivity index (χ2n) is 7.14. The highest BCUT2D eigenvalue weighted by Gasteiger charge is 2.36. The summed E-state index contributed by atoms with van der Waals surface area (Å²) in [5.74, 6) is -0.926. The van der Waals surface area contributed by atoms with Crippen molar-refractivity contribution in [1.29, 1.82) is 0 Å². The first-order valence-corrected chi connectivity index (χ1v) is 9.48. The minimum atomic E-state index is -0.366. The summed E-state index contributed by atoms with van der Waals surface area (Å²) >= 11 is 0. The highest BCUT2D eigenvalue weighted by Crippen LogP contribution is 2.25. The Balaban J connectivity index is 1.68. The molecule has 2 aliphatic rings. The van der Waals surface area contributed by atoms with Gasteiger partial charge in [0.1, 0.15) is 0 Å². The van der Waals surface area contributed by atoms with Gasteiger partial charge in [-0.25, -0.2) is 0 Å². The quantitative estimate of drug-likeness (QED) is 0.582. The van der Waals surface area contributed by atoms with Gasteiger partial charge in [0.15, 0.2) is 0 Å². The van der Waals surface area contributed by atoms with Gasteiger partial charge in [-0.05, 0) is 37.5 Å². The summed E-state index contributed by atoms with van der Waals surface area (Å²) in [7, 11) is 1.57. The molecule has 0 spiro atoms. The Kier molecular flexibility index (Phi) is 6.08. The first-order valence-electron chi connectivity index (χ1n) is 9.48. The van der Waals surface area contributed by atoms with E-state index in [0.717, 1.165) is 0 Å². The molecule has 0 saturated carbocycles. The first-order chi connectivity index (χ1) is 13.4. The van der Waals surface area contributed by atoms with E-state index < -0.39 is 0 Å². The summed E-state index contributed by atoms with van der Waals surface area (Å²) < 4.78 is 4.97. The zero-order valence-electron chi connectivity index (χ0n) is 16.2. The van der Waals surface area contributed by atoms with Gasteiger partial charge in [0.25, 0.3) is 17.7 Å². The molecule has 8 nitrogen and oxygen atoms in total. The van der Waals surface area contributed by atoms with E-state index in [1.807, 2.05) is 0 Å². The van der Waals surface area contributed by atoms with E-state index in [-0.39, 0.29) is 35.2 Å². The SMILES string of the molecule is COCCCN1C(=O)c2ccc(C(=O)N3CCC(NC(C)=O)CC3)cc2C1=O. The number of carbonyl (C=O) groups is 4. The Labute approximate surface area is 163 Å². The van der Waals surface area contributed by atoms with Gasteiger partial charge in [-0.15, -0.1) is 0 Å². The molecule has 0 unspecified atom stereocenters. The van der Waals surface area contributed by atoms with Gasteiger partial charge in [-0.1, -0.05) is 0 Å². The number of piperidine rings is 1. The number of nitrogens with one attached hydrogen (secondary N) is 1. The van der Waals surface area contributed by atoms with Crippen LogP contribution in [0.2, 0.25) is 0 Å². The Bertz CT molecular complexity index is 799. The van der Waals surface area contributed by atoms with E-state index in [0.29, 0.717) is 56.6 Å². The number of imide groups is 1. The van der Waals surface area contributed by atoms with E-state index in [1.165, 1.54) is 17.9 Å². The Hall–Kier alpha value is -2.74. The second kappa shape index (κ2) is 8.52. The number of hydrogen-bond donors (Lipinski definition) is 1. The van der Waals surface area contributed by atoms with Gasteiger partial charge in [0, 0.05) is 51.9 Å². The van der Waals surface area contributed by atoms with Crippen LogP contribution in [-0.4, -0.2) is 72.8 Å². The molecule has 4 amide bonds. The predicted octanol–water partition coefficient (Wildman–Crippen LogP) is 1.06. The maximum atomic E-state index is 12.8. The molecule has 0 aliphatic carbocycles. The van der Waals surface area contributed by atoms with Crippen molar-refractivity contribution in [2.75, 3.05) is 33.4 Å². The monoisotopic (exact) mass is 387 g/mol. The molecule has 1 N–H and O–H groups in total. The molecular weight excluding hydrogens is 362 g/mol. The molecule has 0 atom stereocenters. The second-order valence-corrected chi connectivity index (χ2v) is 7.14. The fraction of sp³-hybridized carbons (Fsp3) is 0.500. The lowest BCUT2D eigenvalue weighted by Gasteiger charge is -2.32. The van der Waals surface area contributed by atoms with E-state index in [9.17, 15) is 19.2 Å². The minimum Gasteiger partial charge on any atom is -0.385 e. The van der Waals surface area contributed by atoms with Crippen LogP contribution in [0.4, 0.5) is 0 Å². The van der Waals surface area contributed by atoms with Crippen LogP contribution in [0.15, 0.2) is 18.2 Å². The molecule has 1 saturated heterocycles. The Morgan fingerprint density at radius 3 is 2.46 bits per heavy atom. The molecule has 1 aromatic rings. The van der Waals surface area contributed by atoms with E-state index in [1.54, 1.807) is 24.1 Å². The third kappa shape index (κ3) is 4.06. The summed E-state index contributed by atoms with van der Waals surface area (Å²) in [6.07, 6.45) is 1.96. The highest BCUT2D eigenvalue weighted by atomic mass is 16.5. The van der Waals surface area contributed by atoms with Crippen molar-refractivity contribution >= 4 is 23.6 Å². The van der Waals surface area contributed by atoms with Crippen molar-refractivity contribution in [2.45, 2.75) is 32.2 Å². The number of benzene rings is 1. The molecular formula is C20H25N3O5. The van der Waals surface area contributed by atoms with Crippen molar-refractivity contribution in [3.05, 3.63) is 34.9 Å². The number of rotatable bonds is 6. The standard InChI is InChI=1S/C20H25N3O5/c1-13(24)21-15-6-9-22(10-7-15)18(25)14-4-5-16-17(12-14)20(27)23(19(16)26)8-3-11-28-2/h4-5,12,15H,3,6-11H2,1-2H3,(H,21,24). The van der Waals surface area contributed by atoms with Crippen LogP contribution in [0.1, 0.15) is 57.3 Å². The molecule has 150 valence electrons. The average Bonchev–Trinajstić information content (AvgIpc) is 2.92. The summed E-state index contributed by atoms with van der Waals surface area (Å²) in [4.78, 5) is 51.9. The van der Waals surface area contributed by atoms with Gasteiger partial charge in [-0.2, -0.15) is 0 Å². The Morgan fingerprint density at radius 2 is 1.82 bits per heavy atom. The zero-order valence-corrected chi connectivity index (χ0v) is 16.2. The van der Waals surface area contributed by atoms with Crippen molar-refractivity contribution in [3.8, 4) is 0 Å². The lowest BCUT2D eigenvalue weighted by atomic mass is 10.0. The van der Waals surface area contributed by atoms with Crippen LogP contribution in [0.5, 0.6) is 0 Å². The van der Waals surface area contributed by atoms with Crippen LogP contribution >= 0.6 is 0 Å². The molecule has 8 heteroatoms. The van der Waals surface area contributed by atoms with Gasteiger partial charge in [0.05, 0.1) is 11.1 Å². The lowest BCUT2D eigenvalue weighted by Crippen LogP contribution is -2.46. The number of likely N-dealkylation sites (tertiary alicyclic amines) is 1. The van der Waals surface area contributed by atoms with Crippen LogP contribution in [0.3, 0.4) is 0 Å². The minimum absolute atomic E-state index is 0.0679. The number of ether oxygens (including phenoxy) is 1. The van der Waals surface area contributed by atoms with E-state index >= 15 is 0 Å². The average molecular weight is 387 g/mol. The third-order valence-electron chi connectivity index (χ3n) is 5.14. The maximum absolute atomic E-state index is 12.8. The van der Waals surface area contributed by atoms with Crippen molar-refractivity contribution in [3.63, 3.8) is 0 Å². The number of nitrogens with zero attached hydrogens (tertiary/aromatic N) is 2. The normalized spacial score (nSPS) is 17.1. The molecule has 3 rings (SSSR count). The number of methoxy groups -OCH3 is 1. The van der Waals surface area contributed by atoms with Crippen molar-refractivity contribution in [2.24, 2.45) is 0 Å². The number of fused-ring (bicyclic) bond motifs is 1. The largest absolute Gasteiger partial charge is 0.385 e. The molecule has 0 radical (unpaired) electrons. The molecule has 28 heavy (non-hydrogen) atoms. The maximum Gasteiger partial charge on any atom is 0.261 e. The molecule has 0 aromatic heterocycles. The summed E-state index contributed by atoms with van der Waals surface area (Å²) in [5.41, 5.74) is 1.02. The smallest absolute Gasteiger partial charge is 0.261 e. The van der Waals surface area contributed by atoms with Crippen LogP contribution in [-0.2, 0) is 9.53 Å². The fourth-order valence-corrected chi connectivity index (χ4v) is 3.69. The van der Waals surface area contributed by atoms with E-state index in [4.69, 9.17) is 4.74 Å². The third-order valence-corrected chi connectivity index (χ3v) is 5.14. The summed E-state index contributed by atoms with van der Waals surface area (Å²) in [6, 6.07) is 4.77. The zero-order chi connectivity index (χ0) is 20.3. The molecule has 1 aromatic carbocycles. The summed E-state index contributed by atoms with van der Waals surface area (Å²) in [5, 5.41) is 2.88.